The van der Waals surface area contributed by atoms with Crippen LogP contribution in [0.3, 0.4) is 0 Å². The number of hydrogen-bond acceptors (Lipinski definition) is 8. The highest BCUT2D eigenvalue weighted by Gasteiger charge is 2.34. The van der Waals surface area contributed by atoms with Crippen LogP contribution >= 0.6 is 11.3 Å². The number of thiazole rings is 1. The molecule has 174 valence electrons. The molecule has 0 bridgehead atoms. The number of allylic oxidation sites excluding steroid dienone is 1. The van der Waals surface area contributed by atoms with E-state index in [2.05, 4.69) is 4.99 Å². The number of para-hydroxylation sites is 1. The van der Waals surface area contributed by atoms with E-state index in [1.54, 1.807) is 50.3 Å². The van der Waals surface area contributed by atoms with Crippen LogP contribution in [-0.4, -0.2) is 29.2 Å². The first-order chi connectivity index (χ1) is 16.3. The van der Waals surface area contributed by atoms with E-state index < -0.39 is 16.9 Å². The van der Waals surface area contributed by atoms with Crippen molar-refractivity contribution in [3.63, 3.8) is 0 Å². The molecular formula is C24H21N3O6S. The summed E-state index contributed by atoms with van der Waals surface area (Å²) in [5, 5.41) is 10.9. The van der Waals surface area contributed by atoms with Crippen molar-refractivity contribution in [1.82, 2.24) is 4.57 Å². The van der Waals surface area contributed by atoms with Crippen LogP contribution in [0.2, 0.25) is 0 Å². The van der Waals surface area contributed by atoms with Gasteiger partial charge in [-0.3, -0.25) is 19.5 Å². The van der Waals surface area contributed by atoms with E-state index in [-0.39, 0.29) is 23.4 Å². The highest BCUT2D eigenvalue weighted by molar-refractivity contribution is 7.07. The maximum Gasteiger partial charge on any atom is 0.338 e. The van der Waals surface area contributed by atoms with Crippen LogP contribution in [0.25, 0.3) is 6.08 Å². The molecule has 0 spiro atoms. The van der Waals surface area contributed by atoms with Gasteiger partial charge >= 0.3 is 5.97 Å². The third kappa shape index (κ3) is 4.15. The molecule has 2 heterocycles. The third-order valence-corrected chi connectivity index (χ3v) is 6.34. The van der Waals surface area contributed by atoms with Gasteiger partial charge in [-0.15, -0.1) is 0 Å². The number of non-ortho nitro benzene ring substituents is 1. The zero-order chi connectivity index (χ0) is 24.4. The van der Waals surface area contributed by atoms with Crippen molar-refractivity contribution in [3.05, 3.63) is 101 Å². The summed E-state index contributed by atoms with van der Waals surface area (Å²) < 4.78 is 12.7. The fraction of sp³-hybridized carbons (Fsp3) is 0.208. The lowest BCUT2D eigenvalue weighted by atomic mass is 9.95. The average Bonchev–Trinajstić information content (AvgIpc) is 3.13. The van der Waals surface area contributed by atoms with E-state index >= 15 is 0 Å². The predicted octanol–water partition coefficient (Wildman–Crippen LogP) is 2.72. The molecule has 0 N–H and O–H groups in total. The zero-order valence-electron chi connectivity index (χ0n) is 18.7. The van der Waals surface area contributed by atoms with Gasteiger partial charge < -0.3 is 9.47 Å². The Morgan fingerprint density at radius 3 is 2.59 bits per heavy atom. The molecule has 4 rings (SSSR count). The summed E-state index contributed by atoms with van der Waals surface area (Å²) in [6.45, 7) is 3.60. The predicted molar refractivity (Wildman–Crippen MR) is 126 cm³/mol. The summed E-state index contributed by atoms with van der Waals surface area (Å²) in [6, 6.07) is 12.3. The lowest BCUT2D eigenvalue weighted by molar-refractivity contribution is -0.384. The molecule has 0 aliphatic carbocycles. The van der Waals surface area contributed by atoms with Gasteiger partial charge in [0.25, 0.3) is 11.2 Å². The number of aromatic nitrogens is 1. The highest BCUT2D eigenvalue weighted by Crippen LogP contribution is 2.35. The first kappa shape index (κ1) is 23.1. The summed E-state index contributed by atoms with van der Waals surface area (Å²) in [7, 11) is 1.53. The van der Waals surface area contributed by atoms with Crippen molar-refractivity contribution < 1.29 is 19.2 Å². The second-order valence-corrected chi connectivity index (χ2v) is 8.40. The number of benzene rings is 2. The normalized spacial score (nSPS) is 15.5. The lowest BCUT2D eigenvalue weighted by Crippen LogP contribution is -2.40. The number of nitro groups is 1. The third-order valence-electron chi connectivity index (χ3n) is 5.35. The second-order valence-electron chi connectivity index (χ2n) is 7.39. The van der Waals surface area contributed by atoms with Crippen LogP contribution in [0.15, 0.2) is 69.6 Å². The fourth-order valence-electron chi connectivity index (χ4n) is 3.82. The topological polar surface area (TPSA) is 113 Å². The van der Waals surface area contributed by atoms with Gasteiger partial charge in [-0.2, -0.15) is 0 Å². The monoisotopic (exact) mass is 479 g/mol. The molecule has 1 aliphatic rings. The fourth-order valence-corrected chi connectivity index (χ4v) is 4.87. The van der Waals surface area contributed by atoms with Crippen LogP contribution < -0.4 is 19.6 Å². The number of hydrogen-bond donors (Lipinski definition) is 0. The number of carbonyl (C=O) groups excluding carboxylic acids is 1. The molecule has 0 fully saturated rings. The van der Waals surface area contributed by atoms with Crippen LogP contribution in [0.5, 0.6) is 5.75 Å². The van der Waals surface area contributed by atoms with Crippen LogP contribution in [0.1, 0.15) is 31.0 Å². The average molecular weight is 480 g/mol. The van der Waals surface area contributed by atoms with E-state index in [4.69, 9.17) is 9.47 Å². The van der Waals surface area contributed by atoms with Crippen LogP contribution in [0, 0.1) is 10.1 Å². The Morgan fingerprint density at radius 2 is 1.94 bits per heavy atom. The van der Waals surface area contributed by atoms with Gasteiger partial charge in [-0.1, -0.05) is 29.5 Å². The minimum absolute atomic E-state index is 0.0375. The largest absolute Gasteiger partial charge is 0.496 e. The van der Waals surface area contributed by atoms with Gasteiger partial charge in [0.05, 0.1) is 34.4 Å². The number of methoxy groups -OCH3 is 1. The molecule has 1 aromatic heterocycles. The van der Waals surface area contributed by atoms with Gasteiger partial charge in [0.2, 0.25) is 0 Å². The number of ether oxygens (including phenoxy) is 2. The Balaban J connectivity index is 1.94. The van der Waals surface area contributed by atoms with Crippen molar-refractivity contribution in [2.45, 2.75) is 19.9 Å². The zero-order valence-corrected chi connectivity index (χ0v) is 19.5. The van der Waals surface area contributed by atoms with Crippen molar-refractivity contribution in [2.24, 2.45) is 4.99 Å². The summed E-state index contributed by atoms with van der Waals surface area (Å²) in [5.41, 5.74) is 1.60. The smallest absolute Gasteiger partial charge is 0.338 e. The SMILES string of the molecule is CCOC(=O)C1=C(C)N=c2s/c(=C\c3ccc([N+](=O)[O-])cc3)c(=O)n2[C@@H]1c1ccccc1OC. The first-order valence-electron chi connectivity index (χ1n) is 10.4. The molecule has 3 aromatic rings. The lowest BCUT2D eigenvalue weighted by Gasteiger charge is -2.25. The van der Waals surface area contributed by atoms with Gasteiger partial charge in [-0.05, 0) is 43.7 Å². The minimum atomic E-state index is -0.787. The number of carbonyl (C=O) groups is 1. The van der Waals surface area contributed by atoms with Crippen molar-refractivity contribution in [2.75, 3.05) is 13.7 Å². The van der Waals surface area contributed by atoms with Gasteiger partial charge in [0, 0.05) is 17.7 Å². The first-order valence-corrected chi connectivity index (χ1v) is 11.2. The quantitative estimate of drug-likeness (QED) is 0.305. The maximum atomic E-state index is 13.6. The number of nitrogens with zero attached hydrogens (tertiary/aromatic N) is 3. The van der Waals surface area contributed by atoms with Crippen molar-refractivity contribution >= 4 is 29.1 Å². The molecule has 0 radical (unpaired) electrons. The van der Waals surface area contributed by atoms with Gasteiger partial charge in [0.1, 0.15) is 11.8 Å². The molecule has 34 heavy (non-hydrogen) atoms. The Morgan fingerprint density at radius 1 is 1.24 bits per heavy atom. The Kier molecular flexibility index (Phi) is 6.42. The highest BCUT2D eigenvalue weighted by atomic mass is 32.1. The number of fused-ring (bicyclic) bond motifs is 1. The molecule has 2 aromatic carbocycles. The van der Waals surface area contributed by atoms with Crippen molar-refractivity contribution in [1.29, 1.82) is 0 Å². The standard InChI is InChI=1S/C24H21N3O6S/c1-4-33-23(29)20-14(2)25-24-26(21(20)17-7-5-6-8-18(17)32-3)22(28)19(34-24)13-15-9-11-16(12-10-15)27(30)31/h5-13,21H,4H2,1-3H3/b19-13-/t21-/m1/s1. The van der Waals surface area contributed by atoms with E-state index in [9.17, 15) is 19.7 Å². The van der Waals surface area contributed by atoms with Crippen LogP contribution in [0.4, 0.5) is 5.69 Å². The minimum Gasteiger partial charge on any atom is -0.496 e. The van der Waals surface area contributed by atoms with E-state index in [1.807, 2.05) is 6.07 Å². The van der Waals surface area contributed by atoms with Crippen LogP contribution in [-0.2, 0) is 9.53 Å². The molecule has 9 nitrogen and oxygen atoms in total. The molecule has 0 saturated carbocycles. The molecule has 1 atom stereocenters. The molecule has 0 saturated heterocycles. The Labute approximate surface area is 198 Å². The van der Waals surface area contributed by atoms with E-state index in [0.717, 1.165) is 0 Å². The summed E-state index contributed by atoms with van der Waals surface area (Å²) in [6.07, 6.45) is 1.65. The molecule has 1 aliphatic heterocycles. The summed E-state index contributed by atoms with van der Waals surface area (Å²) >= 11 is 1.18. The summed E-state index contributed by atoms with van der Waals surface area (Å²) in [4.78, 5) is 41.9. The molecule has 0 amide bonds. The molecular weight excluding hydrogens is 458 g/mol. The summed E-state index contributed by atoms with van der Waals surface area (Å²) in [5.74, 6) is -0.0294. The van der Waals surface area contributed by atoms with E-state index in [1.165, 1.54) is 35.1 Å². The number of nitro benzene ring substituents is 1. The number of rotatable bonds is 6. The Hall–Kier alpha value is -4.05. The van der Waals surface area contributed by atoms with E-state index in [0.29, 0.717) is 31.9 Å². The second kappa shape index (κ2) is 9.44. The Bertz CT molecular complexity index is 1480. The molecule has 0 unspecified atom stereocenters. The maximum absolute atomic E-state index is 13.6. The van der Waals surface area contributed by atoms with Crippen molar-refractivity contribution in [3.8, 4) is 5.75 Å². The van der Waals surface area contributed by atoms with Gasteiger partial charge in [-0.25, -0.2) is 9.79 Å². The number of esters is 1. The van der Waals surface area contributed by atoms with Gasteiger partial charge in [0.15, 0.2) is 4.80 Å². The molecule has 10 heteroatoms.